The van der Waals surface area contributed by atoms with Crippen LogP contribution in [0.3, 0.4) is 0 Å². The van der Waals surface area contributed by atoms with Gasteiger partial charge < -0.3 is 14.9 Å². The second-order valence-electron chi connectivity index (χ2n) is 6.75. The third-order valence-corrected chi connectivity index (χ3v) is 4.25. The molecule has 0 amide bonds. The quantitative estimate of drug-likeness (QED) is 0.574. The van der Waals surface area contributed by atoms with Gasteiger partial charge in [-0.25, -0.2) is 0 Å². The molecule has 0 aromatic rings. The highest BCUT2D eigenvalue weighted by molar-refractivity contribution is 5.78. The molecule has 0 aromatic carbocycles. The predicted octanol–water partition coefficient (Wildman–Crippen LogP) is 1.64. The van der Waals surface area contributed by atoms with E-state index >= 15 is 0 Å². The molecule has 5 nitrogen and oxygen atoms in total. The van der Waals surface area contributed by atoms with Gasteiger partial charge in [-0.15, -0.1) is 0 Å². The first-order valence-electron chi connectivity index (χ1n) is 8.25. The van der Waals surface area contributed by atoms with Crippen LogP contribution < -0.4 is 5.32 Å². The third kappa shape index (κ3) is 7.25. The van der Waals surface area contributed by atoms with E-state index in [2.05, 4.69) is 36.1 Å². The molecule has 1 fully saturated rings. The average molecular weight is 299 g/mol. The van der Waals surface area contributed by atoms with Crippen molar-refractivity contribution in [2.75, 3.05) is 40.3 Å². The lowest BCUT2D eigenvalue weighted by atomic mass is 9.95. The molecule has 1 aliphatic carbocycles. The first kappa shape index (κ1) is 18.4. The van der Waals surface area contributed by atoms with Gasteiger partial charge in [0.05, 0.1) is 0 Å². The number of nitrogens with one attached hydrogen (secondary N) is 1. The molecule has 21 heavy (non-hydrogen) atoms. The van der Waals surface area contributed by atoms with Gasteiger partial charge in [0.25, 0.3) is 0 Å². The molecule has 0 spiro atoms. The predicted molar refractivity (Wildman–Crippen MR) is 86.7 cm³/mol. The zero-order valence-electron chi connectivity index (χ0n) is 14.2. The molecule has 0 aromatic heterocycles. The van der Waals surface area contributed by atoms with Crippen molar-refractivity contribution in [2.24, 2.45) is 0 Å². The van der Waals surface area contributed by atoms with Crippen LogP contribution in [0, 0.1) is 0 Å². The summed E-state index contributed by atoms with van der Waals surface area (Å²) in [6.07, 6.45) is 5.03. The summed E-state index contributed by atoms with van der Waals surface area (Å²) < 4.78 is 0. The second kappa shape index (κ2) is 8.71. The minimum absolute atomic E-state index is 0.425. The van der Waals surface area contributed by atoms with Crippen LogP contribution in [0.25, 0.3) is 0 Å². The fourth-order valence-electron chi connectivity index (χ4n) is 2.61. The van der Waals surface area contributed by atoms with E-state index in [9.17, 15) is 9.90 Å². The molecule has 1 atom stereocenters. The zero-order chi connectivity index (χ0) is 15.9. The van der Waals surface area contributed by atoms with Crippen LogP contribution in [0.15, 0.2) is 0 Å². The highest BCUT2D eigenvalue weighted by Crippen LogP contribution is 2.25. The molecule has 0 heterocycles. The second-order valence-corrected chi connectivity index (χ2v) is 6.75. The number of aliphatic carboxylic acids is 1. The van der Waals surface area contributed by atoms with Gasteiger partial charge in [0, 0.05) is 6.04 Å². The molecular weight excluding hydrogens is 266 g/mol. The first-order chi connectivity index (χ1) is 9.87. The molecule has 0 aliphatic heterocycles. The van der Waals surface area contributed by atoms with Crippen molar-refractivity contribution in [3.63, 3.8) is 0 Å². The van der Waals surface area contributed by atoms with E-state index in [1.165, 1.54) is 0 Å². The van der Waals surface area contributed by atoms with E-state index in [4.69, 9.17) is 0 Å². The Morgan fingerprint density at radius 2 is 1.86 bits per heavy atom. The Morgan fingerprint density at radius 3 is 2.33 bits per heavy atom. The highest BCUT2D eigenvalue weighted by Gasteiger charge is 2.37. The van der Waals surface area contributed by atoms with Gasteiger partial charge in [-0.1, -0.05) is 6.92 Å². The summed E-state index contributed by atoms with van der Waals surface area (Å²) in [6, 6.07) is 0.425. The number of hydrogen-bond donors (Lipinski definition) is 2. The number of nitrogens with zero attached hydrogens (tertiary/aromatic N) is 2. The molecule has 0 radical (unpaired) electrons. The van der Waals surface area contributed by atoms with Crippen molar-refractivity contribution in [1.82, 2.24) is 15.1 Å². The molecular formula is C16H33N3O2. The minimum atomic E-state index is -0.760. The maximum Gasteiger partial charge on any atom is 0.323 e. The largest absolute Gasteiger partial charge is 0.480 e. The smallest absolute Gasteiger partial charge is 0.323 e. The third-order valence-electron chi connectivity index (χ3n) is 4.25. The van der Waals surface area contributed by atoms with Gasteiger partial charge in [-0.05, 0) is 79.3 Å². The van der Waals surface area contributed by atoms with Crippen molar-refractivity contribution in [1.29, 1.82) is 0 Å². The van der Waals surface area contributed by atoms with E-state index in [1.54, 1.807) is 0 Å². The lowest BCUT2D eigenvalue weighted by Gasteiger charge is -2.28. The summed E-state index contributed by atoms with van der Waals surface area (Å²) in [5.74, 6) is -0.718. The molecule has 2 N–H and O–H groups in total. The number of carboxylic acids is 1. The number of carboxylic acid groups (broad SMARTS) is 1. The lowest BCUT2D eigenvalue weighted by molar-refractivity contribution is -0.144. The SMILES string of the molecule is CCN(CCCN(C)C)CCCC(C)(NC1CC1)C(=O)O. The summed E-state index contributed by atoms with van der Waals surface area (Å²) in [7, 11) is 4.19. The molecule has 0 saturated heterocycles. The molecule has 124 valence electrons. The van der Waals surface area contributed by atoms with Gasteiger partial charge in [-0.2, -0.15) is 0 Å². The Labute approximate surface area is 129 Å². The summed E-state index contributed by atoms with van der Waals surface area (Å²) in [5.41, 5.74) is -0.760. The van der Waals surface area contributed by atoms with E-state index in [0.29, 0.717) is 12.5 Å². The maximum absolute atomic E-state index is 11.5. The van der Waals surface area contributed by atoms with Crippen LogP contribution in [-0.4, -0.2) is 72.7 Å². The van der Waals surface area contributed by atoms with Crippen LogP contribution in [-0.2, 0) is 4.79 Å². The Bertz CT molecular complexity index is 319. The molecule has 1 rings (SSSR count). The lowest BCUT2D eigenvalue weighted by Crippen LogP contribution is -2.50. The minimum Gasteiger partial charge on any atom is -0.480 e. The van der Waals surface area contributed by atoms with Gasteiger partial charge in [-0.3, -0.25) is 10.1 Å². The normalized spacial score (nSPS) is 18.2. The number of rotatable bonds is 12. The van der Waals surface area contributed by atoms with Gasteiger partial charge in [0.1, 0.15) is 5.54 Å². The molecule has 5 heteroatoms. The van der Waals surface area contributed by atoms with Crippen LogP contribution in [0.2, 0.25) is 0 Å². The summed E-state index contributed by atoms with van der Waals surface area (Å²) in [5, 5.41) is 12.7. The van der Waals surface area contributed by atoms with Crippen molar-refractivity contribution >= 4 is 5.97 Å². The first-order valence-corrected chi connectivity index (χ1v) is 8.25. The molecule has 0 bridgehead atoms. The van der Waals surface area contributed by atoms with Crippen LogP contribution in [0.5, 0.6) is 0 Å². The van der Waals surface area contributed by atoms with E-state index in [0.717, 1.165) is 51.9 Å². The van der Waals surface area contributed by atoms with Crippen molar-refractivity contribution in [3.8, 4) is 0 Å². The molecule has 1 saturated carbocycles. The average Bonchev–Trinajstić information content (AvgIpc) is 3.20. The summed E-state index contributed by atoms with van der Waals surface area (Å²) >= 11 is 0. The fraction of sp³-hybridized carbons (Fsp3) is 0.938. The zero-order valence-corrected chi connectivity index (χ0v) is 14.2. The van der Waals surface area contributed by atoms with Crippen molar-refractivity contribution in [2.45, 2.75) is 57.5 Å². The molecule has 1 unspecified atom stereocenters. The Morgan fingerprint density at radius 1 is 1.24 bits per heavy atom. The Kier molecular flexibility index (Phi) is 7.63. The Balaban J connectivity index is 2.28. The highest BCUT2D eigenvalue weighted by atomic mass is 16.4. The van der Waals surface area contributed by atoms with Crippen molar-refractivity contribution < 1.29 is 9.90 Å². The molecule has 1 aliphatic rings. The monoisotopic (exact) mass is 299 g/mol. The summed E-state index contributed by atoms with van der Waals surface area (Å²) in [4.78, 5) is 16.1. The number of hydrogen-bond acceptors (Lipinski definition) is 4. The van der Waals surface area contributed by atoms with Crippen LogP contribution in [0.1, 0.15) is 46.0 Å². The number of carbonyl (C=O) groups is 1. The van der Waals surface area contributed by atoms with E-state index in [1.807, 2.05) is 6.92 Å². The topological polar surface area (TPSA) is 55.8 Å². The maximum atomic E-state index is 11.5. The summed E-state index contributed by atoms with van der Waals surface area (Å²) in [6.45, 7) is 8.22. The van der Waals surface area contributed by atoms with E-state index in [-0.39, 0.29) is 0 Å². The van der Waals surface area contributed by atoms with Crippen LogP contribution >= 0.6 is 0 Å². The van der Waals surface area contributed by atoms with Crippen LogP contribution in [0.4, 0.5) is 0 Å². The van der Waals surface area contributed by atoms with Gasteiger partial charge >= 0.3 is 5.97 Å². The Hall–Kier alpha value is -0.650. The van der Waals surface area contributed by atoms with Gasteiger partial charge in [0.15, 0.2) is 0 Å². The van der Waals surface area contributed by atoms with E-state index < -0.39 is 11.5 Å². The fourth-order valence-corrected chi connectivity index (χ4v) is 2.61. The van der Waals surface area contributed by atoms with Gasteiger partial charge in [0.2, 0.25) is 0 Å². The van der Waals surface area contributed by atoms with Crippen molar-refractivity contribution in [3.05, 3.63) is 0 Å². The standard InChI is InChI=1S/C16H33N3O2/c1-5-19(13-7-11-18(3)4)12-6-10-16(2,15(20)21)17-14-8-9-14/h14,17H,5-13H2,1-4H3,(H,20,21).